The number of rotatable bonds is 8. The first-order chi connectivity index (χ1) is 11.5. The Morgan fingerprint density at radius 1 is 1.29 bits per heavy atom. The predicted molar refractivity (Wildman–Crippen MR) is 95.3 cm³/mol. The van der Waals surface area contributed by atoms with Crippen LogP contribution in [0, 0.1) is 11.8 Å². The number of thioether (sulfide) groups is 1. The van der Waals surface area contributed by atoms with Crippen molar-refractivity contribution >= 4 is 35.3 Å². The van der Waals surface area contributed by atoms with Crippen LogP contribution in [-0.2, 0) is 19.2 Å². The maximum Gasteiger partial charge on any atom is 0.151 e. The molecular weight excluding hydrogens is 326 g/mol. The Kier molecular flexibility index (Phi) is 7.02. The number of Topliss-reactive ketones (excluding diaryl/α,β-unsaturated/α-hetero) is 3. The molecule has 2 saturated carbocycles. The Bertz CT molecular complexity index is 493. The average Bonchev–Trinajstić information content (AvgIpc) is 3.04. The van der Waals surface area contributed by atoms with Crippen LogP contribution in [0.15, 0.2) is 5.16 Å². The Hall–Kier alpha value is -1.17. The van der Waals surface area contributed by atoms with Gasteiger partial charge in [0, 0.05) is 30.2 Å². The maximum atomic E-state index is 12.5. The largest absolute Gasteiger partial charge is 0.396 e. The average molecular weight is 353 g/mol. The summed E-state index contributed by atoms with van der Waals surface area (Å²) in [5, 5.41) is 3.68. The lowest BCUT2D eigenvalue weighted by molar-refractivity contribution is -0.143. The van der Waals surface area contributed by atoms with Crippen LogP contribution in [0.25, 0.3) is 0 Å². The van der Waals surface area contributed by atoms with Crippen molar-refractivity contribution < 1.29 is 19.2 Å². The number of ketones is 3. The molecule has 0 aromatic carbocycles. The summed E-state index contributed by atoms with van der Waals surface area (Å²) in [5.41, 5.74) is 0. The van der Waals surface area contributed by atoms with Crippen molar-refractivity contribution in [1.29, 1.82) is 0 Å². The van der Waals surface area contributed by atoms with Gasteiger partial charge in [0.25, 0.3) is 0 Å². The van der Waals surface area contributed by atoms with Gasteiger partial charge in [-0.2, -0.15) is 11.8 Å². The molecule has 134 valence electrons. The van der Waals surface area contributed by atoms with Crippen LogP contribution < -0.4 is 0 Å². The molecule has 0 N–H and O–H groups in total. The van der Waals surface area contributed by atoms with Gasteiger partial charge >= 0.3 is 0 Å². The van der Waals surface area contributed by atoms with E-state index in [1.54, 1.807) is 11.8 Å². The fraction of sp³-hybridized carbons (Fsp3) is 0.778. The molecule has 0 spiro atoms. The zero-order valence-corrected chi connectivity index (χ0v) is 15.4. The number of carbonyl (C=O) groups excluding carboxylic acids is 3. The second-order valence-corrected chi connectivity index (χ2v) is 7.88. The van der Waals surface area contributed by atoms with Gasteiger partial charge in [-0.3, -0.25) is 14.4 Å². The first-order valence-corrected chi connectivity index (χ1v) is 10.0. The van der Waals surface area contributed by atoms with E-state index >= 15 is 0 Å². The van der Waals surface area contributed by atoms with E-state index in [2.05, 4.69) is 11.4 Å². The van der Waals surface area contributed by atoms with Gasteiger partial charge in [0.05, 0.1) is 0 Å². The van der Waals surface area contributed by atoms with E-state index in [1.165, 1.54) is 19.1 Å². The summed E-state index contributed by atoms with van der Waals surface area (Å²) in [4.78, 5) is 42.1. The third-order valence-corrected chi connectivity index (χ3v) is 6.81. The lowest BCUT2D eigenvalue weighted by Gasteiger charge is -2.39. The minimum atomic E-state index is -1.04. The first-order valence-electron chi connectivity index (χ1n) is 8.81. The van der Waals surface area contributed by atoms with Crippen LogP contribution in [0.5, 0.6) is 0 Å². The number of oxime groups is 1. The molecule has 0 aliphatic heterocycles. The quantitative estimate of drug-likeness (QED) is 0.381. The van der Waals surface area contributed by atoms with Crippen molar-refractivity contribution in [3.8, 4) is 0 Å². The Morgan fingerprint density at radius 3 is 2.46 bits per heavy atom. The lowest BCUT2D eigenvalue weighted by Crippen LogP contribution is -2.45. The molecule has 2 fully saturated rings. The molecule has 0 bridgehead atoms. The minimum absolute atomic E-state index is 0.0590. The minimum Gasteiger partial charge on any atom is -0.396 e. The first kappa shape index (κ1) is 19.2. The van der Waals surface area contributed by atoms with Crippen molar-refractivity contribution in [3.63, 3.8) is 0 Å². The zero-order chi connectivity index (χ0) is 17.6. The highest BCUT2D eigenvalue weighted by Crippen LogP contribution is 2.50. The topological polar surface area (TPSA) is 72.8 Å². The maximum absolute atomic E-state index is 12.5. The number of nitrogens with zero attached hydrogens (tertiary/aromatic N) is 1. The van der Waals surface area contributed by atoms with Crippen LogP contribution in [0.3, 0.4) is 0 Å². The van der Waals surface area contributed by atoms with Crippen molar-refractivity contribution in [2.24, 2.45) is 17.0 Å². The van der Waals surface area contributed by atoms with Gasteiger partial charge in [0.2, 0.25) is 0 Å². The van der Waals surface area contributed by atoms with E-state index in [-0.39, 0.29) is 34.4 Å². The Labute approximate surface area is 148 Å². The monoisotopic (exact) mass is 353 g/mol. The highest BCUT2D eigenvalue weighted by atomic mass is 32.2. The highest BCUT2D eigenvalue weighted by Gasteiger charge is 2.48. The fourth-order valence-corrected chi connectivity index (χ4v) is 5.18. The van der Waals surface area contributed by atoms with E-state index in [0.717, 1.165) is 12.8 Å². The van der Waals surface area contributed by atoms with Crippen molar-refractivity contribution in [1.82, 2.24) is 0 Å². The summed E-state index contributed by atoms with van der Waals surface area (Å²) in [6.07, 6.45) is 9.38. The fourth-order valence-electron chi connectivity index (χ4n) is 3.99. The molecule has 0 amide bonds. The van der Waals surface area contributed by atoms with Crippen LogP contribution in [0.2, 0.25) is 0 Å². The lowest BCUT2D eigenvalue weighted by atomic mass is 9.71. The summed E-state index contributed by atoms with van der Waals surface area (Å²) < 4.78 is 0.0590. The van der Waals surface area contributed by atoms with Gasteiger partial charge in [-0.05, 0) is 38.4 Å². The third kappa shape index (κ3) is 4.26. The van der Waals surface area contributed by atoms with Gasteiger partial charge < -0.3 is 4.84 Å². The van der Waals surface area contributed by atoms with E-state index in [9.17, 15) is 14.4 Å². The molecule has 2 aliphatic rings. The van der Waals surface area contributed by atoms with E-state index in [0.29, 0.717) is 25.9 Å². The second kappa shape index (κ2) is 8.79. The molecule has 0 saturated heterocycles. The number of carbonyl (C=O) groups is 3. The van der Waals surface area contributed by atoms with Gasteiger partial charge in [0.1, 0.15) is 12.5 Å². The summed E-state index contributed by atoms with van der Waals surface area (Å²) in [6.45, 7) is 2.30. The summed E-state index contributed by atoms with van der Waals surface area (Å²) in [5.74, 6) is -1.57. The molecule has 0 atom stereocenters. The molecular formula is C18H27NO4S. The van der Waals surface area contributed by atoms with Gasteiger partial charge in [-0.15, -0.1) is 0 Å². The molecule has 0 aromatic heterocycles. The summed E-state index contributed by atoms with van der Waals surface area (Å²) >= 11 is 1.80. The van der Waals surface area contributed by atoms with E-state index in [4.69, 9.17) is 4.84 Å². The SMILES string of the molecule is CCON=CCCC(=O)C1C(=O)CC(C2(SC)CCCC2)CC1=O. The molecule has 5 nitrogen and oxygen atoms in total. The molecule has 2 rings (SSSR count). The molecule has 6 heteroatoms. The molecule has 0 heterocycles. The standard InChI is InChI=1S/C18H27NO4S/c1-3-23-19-10-6-7-14(20)17-15(21)11-13(12-16(17)22)18(24-2)8-4-5-9-18/h10,13,17H,3-9,11-12H2,1-2H3. The van der Waals surface area contributed by atoms with Crippen LogP contribution in [-0.4, -0.2) is 41.2 Å². The zero-order valence-electron chi connectivity index (χ0n) is 14.6. The van der Waals surface area contributed by atoms with Crippen LogP contribution in [0.4, 0.5) is 0 Å². The van der Waals surface area contributed by atoms with E-state index < -0.39 is 5.92 Å². The molecule has 0 unspecified atom stereocenters. The Balaban J connectivity index is 1.94. The van der Waals surface area contributed by atoms with Crippen LogP contribution >= 0.6 is 11.8 Å². The molecule has 2 aliphatic carbocycles. The predicted octanol–water partition coefficient (Wildman–Crippen LogP) is 3.20. The number of hydrogen-bond acceptors (Lipinski definition) is 6. The Morgan fingerprint density at radius 2 is 1.92 bits per heavy atom. The van der Waals surface area contributed by atoms with Crippen molar-refractivity contribution in [2.75, 3.05) is 12.9 Å². The van der Waals surface area contributed by atoms with Crippen LogP contribution in [0.1, 0.15) is 58.3 Å². The van der Waals surface area contributed by atoms with E-state index in [1.807, 2.05) is 6.92 Å². The van der Waals surface area contributed by atoms with Gasteiger partial charge in [-0.1, -0.05) is 18.0 Å². The second-order valence-electron chi connectivity index (χ2n) is 6.66. The van der Waals surface area contributed by atoms with Crippen molar-refractivity contribution in [2.45, 2.75) is 63.0 Å². The van der Waals surface area contributed by atoms with Gasteiger partial charge in [0.15, 0.2) is 17.3 Å². The van der Waals surface area contributed by atoms with Gasteiger partial charge in [-0.25, -0.2) is 0 Å². The third-order valence-electron chi connectivity index (χ3n) is 5.26. The smallest absolute Gasteiger partial charge is 0.151 e. The summed E-state index contributed by atoms with van der Waals surface area (Å²) in [6, 6.07) is 0. The molecule has 0 aromatic rings. The summed E-state index contributed by atoms with van der Waals surface area (Å²) in [7, 11) is 0. The number of hydrogen-bond donors (Lipinski definition) is 0. The molecule has 24 heavy (non-hydrogen) atoms. The van der Waals surface area contributed by atoms with Crippen molar-refractivity contribution in [3.05, 3.63) is 0 Å². The normalized spacial score (nSPS) is 26.9. The molecule has 0 radical (unpaired) electrons. The highest BCUT2D eigenvalue weighted by molar-refractivity contribution is 8.00.